The molecule has 1 N–H and O–H groups in total. The van der Waals surface area contributed by atoms with Crippen LogP contribution in [0.25, 0.3) is 11.1 Å². The molecular weight excluding hydrogens is 340 g/mol. The van der Waals surface area contributed by atoms with E-state index < -0.39 is 0 Å². The second-order valence-corrected chi connectivity index (χ2v) is 7.26. The lowest BCUT2D eigenvalue weighted by atomic mass is 9.87. The number of rotatable bonds is 6. The molecular formula is C23H26O4. The molecule has 27 heavy (non-hydrogen) atoms. The molecule has 1 aliphatic carbocycles. The predicted octanol–water partition coefficient (Wildman–Crippen LogP) is 5.53. The number of ether oxygens (including phenoxy) is 1. The molecule has 1 saturated carbocycles. The topological polar surface area (TPSA) is 63.6 Å². The van der Waals surface area contributed by atoms with E-state index >= 15 is 0 Å². The van der Waals surface area contributed by atoms with Gasteiger partial charge in [-0.25, -0.2) is 0 Å². The van der Waals surface area contributed by atoms with Crippen molar-refractivity contribution in [2.24, 2.45) is 5.92 Å². The van der Waals surface area contributed by atoms with Crippen LogP contribution in [0.4, 0.5) is 0 Å². The number of esters is 1. The molecule has 1 fully saturated rings. The zero-order valence-electron chi connectivity index (χ0n) is 15.7. The van der Waals surface area contributed by atoms with Gasteiger partial charge in [0.1, 0.15) is 11.5 Å². The summed E-state index contributed by atoms with van der Waals surface area (Å²) >= 11 is 0. The third kappa shape index (κ3) is 5.19. The monoisotopic (exact) mass is 366 g/mol. The first-order valence-electron chi connectivity index (χ1n) is 9.73. The number of Topliss-reactive ketones (excluding diaryl/α,β-unsaturated/α-hetero) is 1. The highest BCUT2D eigenvalue weighted by molar-refractivity contribution is 5.97. The van der Waals surface area contributed by atoms with E-state index in [-0.39, 0.29) is 17.5 Å². The van der Waals surface area contributed by atoms with Crippen molar-refractivity contribution in [2.75, 3.05) is 0 Å². The number of hydrogen-bond acceptors (Lipinski definition) is 4. The molecule has 0 heterocycles. The molecule has 2 aromatic carbocycles. The van der Waals surface area contributed by atoms with Crippen LogP contribution in [0, 0.1) is 5.92 Å². The smallest absolute Gasteiger partial charge is 0.311 e. The molecule has 0 aromatic heterocycles. The van der Waals surface area contributed by atoms with Gasteiger partial charge >= 0.3 is 5.97 Å². The van der Waals surface area contributed by atoms with Crippen molar-refractivity contribution >= 4 is 11.8 Å². The van der Waals surface area contributed by atoms with Crippen LogP contribution in [0.15, 0.2) is 42.5 Å². The van der Waals surface area contributed by atoms with E-state index in [2.05, 4.69) is 0 Å². The quantitative estimate of drug-likeness (QED) is 0.415. The largest absolute Gasteiger partial charge is 0.508 e. The average molecular weight is 366 g/mol. The van der Waals surface area contributed by atoms with Gasteiger partial charge in [0.15, 0.2) is 5.78 Å². The van der Waals surface area contributed by atoms with E-state index in [1.807, 2.05) is 19.1 Å². The summed E-state index contributed by atoms with van der Waals surface area (Å²) in [6.07, 6.45) is 6.64. The molecule has 0 bridgehead atoms. The fourth-order valence-corrected chi connectivity index (χ4v) is 3.69. The number of carbonyl (C=O) groups is 2. The number of phenolic OH excluding ortho intramolecular Hbond substituents is 1. The summed E-state index contributed by atoms with van der Waals surface area (Å²) in [4.78, 5) is 24.2. The van der Waals surface area contributed by atoms with Crippen molar-refractivity contribution in [2.45, 2.75) is 51.9 Å². The van der Waals surface area contributed by atoms with E-state index in [0.29, 0.717) is 35.6 Å². The fourth-order valence-electron chi connectivity index (χ4n) is 3.69. The normalized spacial score (nSPS) is 14.7. The summed E-state index contributed by atoms with van der Waals surface area (Å²) in [7, 11) is 0. The molecule has 2 aromatic rings. The van der Waals surface area contributed by atoms with Gasteiger partial charge in [-0.05, 0) is 48.1 Å². The first kappa shape index (κ1) is 19.2. The molecule has 0 aliphatic heterocycles. The van der Waals surface area contributed by atoms with Crippen LogP contribution >= 0.6 is 0 Å². The van der Waals surface area contributed by atoms with Crippen LogP contribution in [0.1, 0.15) is 62.2 Å². The number of benzene rings is 2. The number of ketones is 1. The van der Waals surface area contributed by atoms with Crippen LogP contribution in [-0.2, 0) is 4.79 Å². The third-order valence-corrected chi connectivity index (χ3v) is 5.14. The van der Waals surface area contributed by atoms with Crippen LogP contribution < -0.4 is 4.74 Å². The van der Waals surface area contributed by atoms with Crippen molar-refractivity contribution in [3.05, 3.63) is 48.0 Å². The van der Waals surface area contributed by atoms with E-state index in [1.54, 1.807) is 24.3 Å². The molecule has 4 heteroatoms. The van der Waals surface area contributed by atoms with Gasteiger partial charge in [0, 0.05) is 24.5 Å². The van der Waals surface area contributed by atoms with Gasteiger partial charge in [-0.3, -0.25) is 9.59 Å². The minimum Gasteiger partial charge on any atom is -0.508 e. The molecule has 0 spiro atoms. The molecule has 142 valence electrons. The Morgan fingerprint density at radius 2 is 1.81 bits per heavy atom. The molecule has 0 unspecified atom stereocenters. The van der Waals surface area contributed by atoms with E-state index in [1.165, 1.54) is 25.3 Å². The Labute approximate surface area is 160 Å². The number of carbonyl (C=O) groups excluding carboxylic acids is 2. The second kappa shape index (κ2) is 8.85. The first-order valence-corrected chi connectivity index (χ1v) is 9.73. The summed E-state index contributed by atoms with van der Waals surface area (Å²) in [5, 5.41) is 10.1. The molecule has 3 rings (SSSR count). The van der Waals surface area contributed by atoms with Gasteiger partial charge in [0.2, 0.25) is 0 Å². The maximum absolute atomic E-state index is 12.3. The highest BCUT2D eigenvalue weighted by Gasteiger charge is 2.18. The Morgan fingerprint density at radius 3 is 2.56 bits per heavy atom. The van der Waals surface area contributed by atoms with Crippen molar-refractivity contribution in [3.63, 3.8) is 0 Å². The fraction of sp³-hybridized carbons (Fsp3) is 0.391. The summed E-state index contributed by atoms with van der Waals surface area (Å²) in [6.45, 7) is 1.83. The Bertz CT molecular complexity index is 819. The Kier molecular flexibility index (Phi) is 6.28. The van der Waals surface area contributed by atoms with Crippen LogP contribution in [0.3, 0.4) is 0 Å². The Hall–Kier alpha value is -2.62. The maximum atomic E-state index is 12.3. The zero-order valence-corrected chi connectivity index (χ0v) is 15.7. The van der Waals surface area contributed by atoms with Gasteiger partial charge in [-0.2, -0.15) is 0 Å². The van der Waals surface area contributed by atoms with Crippen molar-refractivity contribution in [1.29, 1.82) is 0 Å². The molecule has 0 radical (unpaired) electrons. The van der Waals surface area contributed by atoms with Crippen molar-refractivity contribution in [1.82, 2.24) is 0 Å². The maximum Gasteiger partial charge on any atom is 0.311 e. The van der Waals surface area contributed by atoms with E-state index in [0.717, 1.165) is 18.4 Å². The summed E-state index contributed by atoms with van der Waals surface area (Å²) in [5.74, 6) is 0.572. The van der Waals surface area contributed by atoms with Gasteiger partial charge in [0.25, 0.3) is 0 Å². The van der Waals surface area contributed by atoms with Gasteiger partial charge < -0.3 is 9.84 Å². The molecule has 0 amide bonds. The lowest BCUT2D eigenvalue weighted by Crippen LogP contribution is -2.16. The number of phenols is 1. The van der Waals surface area contributed by atoms with Crippen LogP contribution in [-0.4, -0.2) is 16.9 Å². The third-order valence-electron chi connectivity index (χ3n) is 5.14. The highest BCUT2D eigenvalue weighted by atomic mass is 16.5. The van der Waals surface area contributed by atoms with E-state index in [9.17, 15) is 14.7 Å². The average Bonchev–Trinajstić information content (AvgIpc) is 2.67. The Balaban J connectivity index is 1.76. The SMILES string of the molecule is CCC(=O)c1cccc(-c2cc(O)cc(OC(=O)CC3CCCCC3)c2)c1. The zero-order chi connectivity index (χ0) is 19.2. The highest BCUT2D eigenvalue weighted by Crippen LogP contribution is 2.31. The van der Waals surface area contributed by atoms with E-state index in [4.69, 9.17) is 4.74 Å². The minimum atomic E-state index is -0.256. The molecule has 0 atom stereocenters. The van der Waals surface area contributed by atoms with Crippen molar-refractivity contribution in [3.8, 4) is 22.6 Å². The summed E-state index contributed by atoms with van der Waals surface area (Å²) in [5.41, 5.74) is 2.14. The summed E-state index contributed by atoms with van der Waals surface area (Å²) < 4.78 is 5.49. The predicted molar refractivity (Wildman–Crippen MR) is 105 cm³/mol. The standard InChI is InChI=1S/C23H26O4/c1-2-22(25)18-10-6-9-17(12-18)19-13-20(24)15-21(14-19)27-23(26)11-16-7-4-3-5-8-16/h6,9-10,12-16,24H,2-5,7-8,11H2,1H3. The van der Waals surface area contributed by atoms with Gasteiger partial charge in [0.05, 0.1) is 0 Å². The van der Waals surface area contributed by atoms with Crippen molar-refractivity contribution < 1.29 is 19.4 Å². The molecule has 4 nitrogen and oxygen atoms in total. The van der Waals surface area contributed by atoms with Gasteiger partial charge in [-0.1, -0.05) is 44.4 Å². The molecule has 1 aliphatic rings. The van der Waals surface area contributed by atoms with Crippen LogP contribution in [0.5, 0.6) is 11.5 Å². The second-order valence-electron chi connectivity index (χ2n) is 7.26. The Morgan fingerprint density at radius 1 is 1.04 bits per heavy atom. The van der Waals surface area contributed by atoms with Crippen LogP contribution in [0.2, 0.25) is 0 Å². The lowest BCUT2D eigenvalue weighted by Gasteiger charge is -2.20. The first-order chi connectivity index (χ1) is 13.0. The summed E-state index contributed by atoms with van der Waals surface area (Å²) in [6, 6.07) is 12.1. The number of aromatic hydroxyl groups is 1. The minimum absolute atomic E-state index is 0.0280. The van der Waals surface area contributed by atoms with Gasteiger partial charge in [-0.15, -0.1) is 0 Å². The number of hydrogen-bond donors (Lipinski definition) is 1. The lowest BCUT2D eigenvalue weighted by molar-refractivity contribution is -0.135. The molecule has 0 saturated heterocycles.